The van der Waals surface area contributed by atoms with Crippen molar-refractivity contribution in [2.45, 2.75) is 26.5 Å². The molecular formula is C11H13FN2O. The van der Waals surface area contributed by atoms with Gasteiger partial charge in [0.2, 0.25) is 0 Å². The molecule has 0 fully saturated rings. The normalized spacial score (nSPS) is 11.5. The summed E-state index contributed by atoms with van der Waals surface area (Å²) in [6.07, 6.45) is 0. The Balaban J connectivity index is 2.80. The fourth-order valence-electron chi connectivity index (χ4n) is 1.75. The van der Waals surface area contributed by atoms with Crippen LogP contribution in [-0.2, 0) is 6.61 Å². The first-order chi connectivity index (χ1) is 7.15. The molecule has 4 heteroatoms. The van der Waals surface area contributed by atoms with Gasteiger partial charge in [0.25, 0.3) is 0 Å². The molecule has 0 amide bonds. The quantitative estimate of drug-likeness (QED) is 0.822. The molecule has 2 aromatic rings. The third-order valence-corrected chi connectivity index (χ3v) is 2.41. The zero-order valence-electron chi connectivity index (χ0n) is 8.74. The third kappa shape index (κ3) is 1.51. The topological polar surface area (TPSA) is 38.0 Å². The average Bonchev–Trinajstić information content (AvgIpc) is 2.57. The van der Waals surface area contributed by atoms with E-state index in [-0.39, 0.29) is 18.5 Å². The summed E-state index contributed by atoms with van der Waals surface area (Å²) in [5.41, 5.74) is 1.13. The molecule has 0 atom stereocenters. The highest BCUT2D eigenvalue weighted by Gasteiger charge is 2.15. The van der Waals surface area contributed by atoms with Crippen molar-refractivity contribution in [1.29, 1.82) is 0 Å². The molecule has 0 aliphatic heterocycles. The minimum atomic E-state index is -0.330. The Morgan fingerprint density at radius 1 is 1.47 bits per heavy atom. The zero-order valence-corrected chi connectivity index (χ0v) is 8.74. The Morgan fingerprint density at radius 3 is 2.80 bits per heavy atom. The molecular weight excluding hydrogens is 195 g/mol. The summed E-state index contributed by atoms with van der Waals surface area (Å²) in [5.74, 6) is -0.330. The van der Waals surface area contributed by atoms with Gasteiger partial charge in [-0.1, -0.05) is 6.07 Å². The van der Waals surface area contributed by atoms with E-state index < -0.39 is 0 Å². The third-order valence-electron chi connectivity index (χ3n) is 2.41. The van der Waals surface area contributed by atoms with Gasteiger partial charge in [0.15, 0.2) is 0 Å². The molecule has 1 heterocycles. The molecule has 0 radical (unpaired) electrons. The van der Waals surface area contributed by atoms with Crippen molar-refractivity contribution in [3.05, 3.63) is 29.7 Å². The van der Waals surface area contributed by atoms with Crippen LogP contribution in [0.4, 0.5) is 4.39 Å². The number of aliphatic hydroxyl groups excluding tert-OH is 1. The smallest absolute Gasteiger partial charge is 0.134 e. The lowest BCUT2D eigenvalue weighted by atomic mass is 10.2. The highest BCUT2D eigenvalue weighted by atomic mass is 19.1. The number of nitrogens with zero attached hydrogens (tertiary/aromatic N) is 2. The van der Waals surface area contributed by atoms with E-state index in [2.05, 4.69) is 5.10 Å². The molecule has 15 heavy (non-hydrogen) atoms. The van der Waals surface area contributed by atoms with Crippen molar-refractivity contribution in [2.24, 2.45) is 0 Å². The summed E-state index contributed by atoms with van der Waals surface area (Å²) in [7, 11) is 0. The maximum atomic E-state index is 13.5. The Labute approximate surface area is 87.1 Å². The Morgan fingerprint density at radius 2 is 2.20 bits per heavy atom. The second-order valence-electron chi connectivity index (χ2n) is 3.78. The molecule has 0 aliphatic carbocycles. The molecule has 80 valence electrons. The predicted molar refractivity (Wildman–Crippen MR) is 56.0 cm³/mol. The maximum Gasteiger partial charge on any atom is 0.134 e. The minimum absolute atomic E-state index is 0.110. The maximum absolute atomic E-state index is 13.5. The lowest BCUT2D eigenvalue weighted by molar-refractivity contribution is 0.265. The van der Waals surface area contributed by atoms with E-state index in [9.17, 15) is 9.50 Å². The van der Waals surface area contributed by atoms with Crippen LogP contribution in [0.3, 0.4) is 0 Å². The first-order valence-corrected chi connectivity index (χ1v) is 4.91. The fraction of sp³-hybridized carbons (Fsp3) is 0.364. The summed E-state index contributed by atoms with van der Waals surface area (Å²) < 4.78 is 15.2. The SMILES string of the molecule is CC(C)n1nc2cccc(F)c2c1CO. The van der Waals surface area contributed by atoms with Crippen LogP contribution in [0.25, 0.3) is 10.9 Å². The second-order valence-corrected chi connectivity index (χ2v) is 3.78. The van der Waals surface area contributed by atoms with Crippen LogP contribution in [0.15, 0.2) is 18.2 Å². The molecule has 0 spiro atoms. The molecule has 0 unspecified atom stereocenters. The summed E-state index contributed by atoms with van der Waals surface area (Å²) >= 11 is 0. The van der Waals surface area contributed by atoms with Gasteiger partial charge in [0, 0.05) is 6.04 Å². The molecule has 3 nitrogen and oxygen atoms in total. The number of benzene rings is 1. The van der Waals surface area contributed by atoms with Gasteiger partial charge in [0.05, 0.1) is 23.2 Å². The van der Waals surface area contributed by atoms with Crippen molar-refractivity contribution in [3.8, 4) is 0 Å². The molecule has 2 rings (SSSR count). The molecule has 1 aromatic heterocycles. The Kier molecular flexibility index (Phi) is 2.44. The zero-order chi connectivity index (χ0) is 11.0. The van der Waals surface area contributed by atoms with E-state index in [0.29, 0.717) is 16.6 Å². The van der Waals surface area contributed by atoms with Gasteiger partial charge in [-0.2, -0.15) is 5.10 Å². The van der Waals surface area contributed by atoms with Crippen LogP contribution in [-0.4, -0.2) is 14.9 Å². The molecule has 0 bridgehead atoms. The summed E-state index contributed by atoms with van der Waals surface area (Å²) in [6, 6.07) is 4.86. The standard InChI is InChI=1S/C11H13FN2O/c1-7(2)14-10(6-15)11-8(12)4-3-5-9(11)13-14/h3-5,7,15H,6H2,1-2H3. The van der Waals surface area contributed by atoms with Crippen LogP contribution in [0.1, 0.15) is 25.6 Å². The van der Waals surface area contributed by atoms with Gasteiger partial charge < -0.3 is 5.11 Å². The summed E-state index contributed by atoms with van der Waals surface area (Å²) in [4.78, 5) is 0. The van der Waals surface area contributed by atoms with Crippen molar-refractivity contribution in [2.75, 3.05) is 0 Å². The van der Waals surface area contributed by atoms with Crippen molar-refractivity contribution >= 4 is 10.9 Å². The minimum Gasteiger partial charge on any atom is -0.390 e. The highest BCUT2D eigenvalue weighted by Crippen LogP contribution is 2.23. The number of hydrogen-bond donors (Lipinski definition) is 1. The summed E-state index contributed by atoms with van der Waals surface area (Å²) in [6.45, 7) is 3.70. The Hall–Kier alpha value is -1.42. The lowest BCUT2D eigenvalue weighted by Gasteiger charge is -2.08. The molecule has 0 saturated heterocycles. The van der Waals surface area contributed by atoms with E-state index in [0.717, 1.165) is 0 Å². The molecule has 1 N–H and O–H groups in total. The monoisotopic (exact) mass is 208 g/mol. The van der Waals surface area contributed by atoms with E-state index in [1.165, 1.54) is 6.07 Å². The van der Waals surface area contributed by atoms with Crippen molar-refractivity contribution < 1.29 is 9.50 Å². The number of aliphatic hydroxyl groups is 1. The summed E-state index contributed by atoms with van der Waals surface area (Å²) in [5, 5.41) is 13.9. The highest BCUT2D eigenvalue weighted by molar-refractivity contribution is 5.82. The van der Waals surface area contributed by atoms with Gasteiger partial charge >= 0.3 is 0 Å². The second kappa shape index (κ2) is 3.62. The van der Waals surface area contributed by atoms with Crippen LogP contribution in [0, 0.1) is 5.82 Å². The van der Waals surface area contributed by atoms with Crippen LogP contribution in [0.5, 0.6) is 0 Å². The van der Waals surface area contributed by atoms with Crippen LogP contribution >= 0.6 is 0 Å². The van der Waals surface area contributed by atoms with Gasteiger partial charge in [-0.3, -0.25) is 4.68 Å². The Bertz CT molecular complexity index is 491. The van der Waals surface area contributed by atoms with Crippen molar-refractivity contribution in [3.63, 3.8) is 0 Å². The van der Waals surface area contributed by atoms with E-state index in [1.807, 2.05) is 13.8 Å². The van der Waals surface area contributed by atoms with Crippen LogP contribution in [0.2, 0.25) is 0 Å². The van der Waals surface area contributed by atoms with Gasteiger partial charge in [0.1, 0.15) is 5.82 Å². The largest absolute Gasteiger partial charge is 0.390 e. The molecule has 0 aliphatic rings. The molecule has 1 aromatic carbocycles. The number of aromatic nitrogens is 2. The average molecular weight is 208 g/mol. The number of halogens is 1. The molecule has 0 saturated carbocycles. The van der Waals surface area contributed by atoms with E-state index >= 15 is 0 Å². The fourth-order valence-corrected chi connectivity index (χ4v) is 1.75. The van der Waals surface area contributed by atoms with Gasteiger partial charge in [-0.15, -0.1) is 0 Å². The van der Waals surface area contributed by atoms with Gasteiger partial charge in [-0.05, 0) is 26.0 Å². The number of rotatable bonds is 2. The van der Waals surface area contributed by atoms with Gasteiger partial charge in [-0.25, -0.2) is 4.39 Å². The predicted octanol–water partition coefficient (Wildman–Crippen LogP) is 2.25. The van der Waals surface area contributed by atoms with Crippen molar-refractivity contribution in [1.82, 2.24) is 9.78 Å². The number of hydrogen-bond acceptors (Lipinski definition) is 2. The lowest BCUT2D eigenvalue weighted by Crippen LogP contribution is -2.07. The van der Waals surface area contributed by atoms with Crippen LogP contribution < -0.4 is 0 Å². The first kappa shape index (κ1) is 10.1. The van der Waals surface area contributed by atoms with E-state index in [1.54, 1.807) is 16.8 Å². The first-order valence-electron chi connectivity index (χ1n) is 4.91. The van der Waals surface area contributed by atoms with E-state index in [4.69, 9.17) is 0 Å². The number of fused-ring (bicyclic) bond motifs is 1.